The van der Waals surface area contributed by atoms with Crippen LogP contribution in [-0.2, 0) is 6.42 Å². The zero-order valence-corrected chi connectivity index (χ0v) is 11.3. The third-order valence-electron chi connectivity index (χ3n) is 4.13. The Hall–Kier alpha value is -1.68. The van der Waals surface area contributed by atoms with E-state index < -0.39 is 0 Å². The first-order valence-electron chi connectivity index (χ1n) is 6.87. The second-order valence-electron chi connectivity index (χ2n) is 5.31. The van der Waals surface area contributed by atoms with E-state index in [0.29, 0.717) is 11.8 Å². The quantitative estimate of drug-likeness (QED) is 0.914. The van der Waals surface area contributed by atoms with E-state index in [0.717, 1.165) is 18.7 Å². The van der Waals surface area contributed by atoms with E-state index in [9.17, 15) is 0 Å². The normalized spacial score (nSPS) is 20.5. The smallest absolute Gasteiger partial charge is 0.231 e. The first-order valence-corrected chi connectivity index (χ1v) is 6.87. The lowest BCUT2D eigenvalue weighted by atomic mass is 9.77. The van der Waals surface area contributed by atoms with Gasteiger partial charge in [0.25, 0.3) is 0 Å². The molecule has 0 radical (unpaired) electrons. The molecule has 1 aromatic heterocycles. The molecule has 0 aliphatic heterocycles. The molecule has 2 N–H and O–H groups in total. The van der Waals surface area contributed by atoms with Crippen LogP contribution in [0.3, 0.4) is 0 Å². The monoisotopic (exact) mass is 257 g/mol. The van der Waals surface area contributed by atoms with Crippen molar-refractivity contribution in [1.82, 2.24) is 10.1 Å². The van der Waals surface area contributed by atoms with Crippen molar-refractivity contribution in [2.45, 2.75) is 44.6 Å². The second-order valence-corrected chi connectivity index (χ2v) is 5.31. The number of nitrogens with zero attached hydrogens (tertiary/aromatic N) is 2. The Morgan fingerprint density at radius 3 is 2.95 bits per heavy atom. The molecule has 3 unspecified atom stereocenters. The highest BCUT2D eigenvalue weighted by Crippen LogP contribution is 2.38. The minimum Gasteiger partial charge on any atom is -0.339 e. The molecule has 19 heavy (non-hydrogen) atoms. The van der Waals surface area contributed by atoms with Crippen molar-refractivity contribution in [1.29, 1.82) is 0 Å². The Labute approximate surface area is 113 Å². The van der Waals surface area contributed by atoms with Gasteiger partial charge in [-0.1, -0.05) is 43.3 Å². The van der Waals surface area contributed by atoms with Crippen molar-refractivity contribution in [3.8, 4) is 0 Å². The molecule has 1 aliphatic rings. The number of aromatic nitrogens is 2. The van der Waals surface area contributed by atoms with Gasteiger partial charge in [-0.15, -0.1) is 0 Å². The highest BCUT2D eigenvalue weighted by atomic mass is 16.5. The van der Waals surface area contributed by atoms with Crippen LogP contribution in [0.1, 0.15) is 54.9 Å². The fourth-order valence-corrected chi connectivity index (χ4v) is 2.60. The molecule has 0 spiro atoms. The maximum absolute atomic E-state index is 6.03. The van der Waals surface area contributed by atoms with Crippen molar-refractivity contribution in [3.05, 3.63) is 47.1 Å². The molecule has 0 saturated heterocycles. The van der Waals surface area contributed by atoms with E-state index in [1.54, 1.807) is 0 Å². The summed E-state index contributed by atoms with van der Waals surface area (Å²) in [6.07, 6.45) is 1.91. The van der Waals surface area contributed by atoms with E-state index in [4.69, 9.17) is 10.3 Å². The summed E-state index contributed by atoms with van der Waals surface area (Å²) in [5.74, 6) is 1.86. The molecule has 1 heterocycles. The van der Waals surface area contributed by atoms with Gasteiger partial charge in [0, 0.05) is 6.04 Å². The third-order valence-corrected chi connectivity index (χ3v) is 4.13. The molecule has 1 aromatic carbocycles. The molecule has 0 fully saturated rings. The van der Waals surface area contributed by atoms with Crippen molar-refractivity contribution >= 4 is 0 Å². The summed E-state index contributed by atoms with van der Waals surface area (Å²) in [7, 11) is 0. The summed E-state index contributed by atoms with van der Waals surface area (Å²) >= 11 is 0. The van der Waals surface area contributed by atoms with Crippen LogP contribution < -0.4 is 5.73 Å². The van der Waals surface area contributed by atoms with Crippen molar-refractivity contribution in [2.24, 2.45) is 5.73 Å². The fraction of sp³-hybridized carbons (Fsp3) is 0.467. The first-order chi connectivity index (χ1) is 9.20. The Balaban J connectivity index is 1.80. The molecular formula is C15H19N3O. The van der Waals surface area contributed by atoms with Crippen LogP contribution in [-0.4, -0.2) is 16.2 Å². The van der Waals surface area contributed by atoms with Gasteiger partial charge in [0.2, 0.25) is 5.89 Å². The number of hydrogen-bond acceptors (Lipinski definition) is 4. The van der Waals surface area contributed by atoms with Gasteiger partial charge in [-0.2, -0.15) is 4.98 Å². The summed E-state index contributed by atoms with van der Waals surface area (Å²) in [6, 6.07) is 8.49. The predicted octanol–water partition coefficient (Wildman–Crippen LogP) is 2.60. The Morgan fingerprint density at radius 2 is 2.21 bits per heavy atom. The topological polar surface area (TPSA) is 64.9 Å². The zero-order valence-electron chi connectivity index (χ0n) is 11.3. The molecule has 2 aromatic rings. The first kappa shape index (κ1) is 12.4. The van der Waals surface area contributed by atoms with Crippen LogP contribution in [0.2, 0.25) is 0 Å². The molecule has 3 atom stereocenters. The lowest BCUT2D eigenvalue weighted by Crippen LogP contribution is -2.26. The summed E-state index contributed by atoms with van der Waals surface area (Å²) in [4.78, 5) is 4.54. The van der Waals surface area contributed by atoms with Crippen molar-refractivity contribution in [3.63, 3.8) is 0 Å². The van der Waals surface area contributed by atoms with Gasteiger partial charge in [0.05, 0.1) is 11.8 Å². The van der Waals surface area contributed by atoms with Gasteiger partial charge in [0.1, 0.15) is 0 Å². The molecule has 0 amide bonds. The standard InChI is InChI=1S/C15H19N3O/c1-3-13(16)9(2)15-17-14(18-19-15)12-8-10-6-4-5-7-11(10)12/h4-7,9,12-13H,3,8,16H2,1-2H3. The second kappa shape index (κ2) is 4.78. The highest BCUT2D eigenvalue weighted by molar-refractivity contribution is 5.43. The Morgan fingerprint density at radius 1 is 1.42 bits per heavy atom. The SMILES string of the molecule is CCC(N)C(C)c1nc(C2Cc3ccccc32)no1. The molecule has 100 valence electrons. The largest absolute Gasteiger partial charge is 0.339 e. The average Bonchev–Trinajstić information content (AvgIpc) is 2.87. The minimum atomic E-state index is 0.0713. The summed E-state index contributed by atoms with van der Waals surface area (Å²) in [6.45, 7) is 4.11. The summed E-state index contributed by atoms with van der Waals surface area (Å²) in [5.41, 5.74) is 8.74. The van der Waals surface area contributed by atoms with Crippen LogP contribution in [0.15, 0.2) is 28.8 Å². The molecule has 3 rings (SSSR count). The lowest BCUT2D eigenvalue weighted by molar-refractivity contribution is 0.335. The number of nitrogens with two attached hydrogens (primary N) is 1. The molecule has 1 aliphatic carbocycles. The van der Waals surface area contributed by atoms with Gasteiger partial charge in [-0.25, -0.2) is 0 Å². The van der Waals surface area contributed by atoms with E-state index in [2.05, 4.69) is 41.3 Å². The Bertz CT molecular complexity index is 578. The number of fused-ring (bicyclic) bond motifs is 1. The van der Waals surface area contributed by atoms with Crippen LogP contribution in [0.4, 0.5) is 0 Å². The molecule has 4 heteroatoms. The van der Waals surface area contributed by atoms with Crippen LogP contribution >= 0.6 is 0 Å². The van der Waals surface area contributed by atoms with Gasteiger partial charge >= 0.3 is 0 Å². The molecule has 4 nitrogen and oxygen atoms in total. The number of hydrogen-bond donors (Lipinski definition) is 1. The van der Waals surface area contributed by atoms with Crippen molar-refractivity contribution < 1.29 is 4.52 Å². The molecule has 0 saturated carbocycles. The van der Waals surface area contributed by atoms with Gasteiger partial charge in [0.15, 0.2) is 5.82 Å². The van der Waals surface area contributed by atoms with E-state index in [1.807, 2.05) is 6.92 Å². The molecule has 0 bridgehead atoms. The van der Waals surface area contributed by atoms with E-state index in [-0.39, 0.29) is 12.0 Å². The Kier molecular flexibility index (Phi) is 3.11. The summed E-state index contributed by atoms with van der Waals surface area (Å²) in [5, 5.41) is 4.13. The van der Waals surface area contributed by atoms with Crippen LogP contribution in [0, 0.1) is 0 Å². The highest BCUT2D eigenvalue weighted by Gasteiger charge is 2.32. The van der Waals surface area contributed by atoms with Gasteiger partial charge in [-0.3, -0.25) is 0 Å². The minimum absolute atomic E-state index is 0.0713. The number of rotatable bonds is 4. The average molecular weight is 257 g/mol. The van der Waals surface area contributed by atoms with Crippen LogP contribution in [0.25, 0.3) is 0 Å². The van der Waals surface area contributed by atoms with Crippen molar-refractivity contribution in [2.75, 3.05) is 0 Å². The third kappa shape index (κ3) is 2.06. The predicted molar refractivity (Wildman–Crippen MR) is 73.0 cm³/mol. The zero-order chi connectivity index (χ0) is 13.4. The van der Waals surface area contributed by atoms with Gasteiger partial charge in [-0.05, 0) is 24.0 Å². The lowest BCUT2D eigenvalue weighted by Gasteiger charge is -2.27. The maximum Gasteiger partial charge on any atom is 0.231 e. The summed E-state index contributed by atoms with van der Waals surface area (Å²) < 4.78 is 5.38. The fourth-order valence-electron chi connectivity index (χ4n) is 2.60. The van der Waals surface area contributed by atoms with E-state index >= 15 is 0 Å². The maximum atomic E-state index is 6.03. The number of benzene rings is 1. The van der Waals surface area contributed by atoms with E-state index in [1.165, 1.54) is 11.1 Å². The molecular weight excluding hydrogens is 238 g/mol. The van der Waals surface area contributed by atoms with Crippen LogP contribution in [0.5, 0.6) is 0 Å². The van der Waals surface area contributed by atoms with Gasteiger partial charge < -0.3 is 10.3 Å².